The van der Waals surface area contributed by atoms with Gasteiger partial charge in [0.2, 0.25) is 5.01 Å². The molecule has 7 heteroatoms. The van der Waals surface area contributed by atoms with Crippen molar-refractivity contribution in [3.8, 4) is 0 Å². The molecule has 0 fully saturated rings. The third-order valence-electron chi connectivity index (χ3n) is 3.28. The molecule has 1 amide bonds. The second-order valence-corrected chi connectivity index (χ2v) is 7.42. The first kappa shape index (κ1) is 17.8. The summed E-state index contributed by atoms with van der Waals surface area (Å²) in [6, 6.07) is 17.4. The van der Waals surface area contributed by atoms with Crippen LogP contribution in [-0.4, -0.2) is 16.1 Å². The van der Waals surface area contributed by atoms with E-state index >= 15 is 0 Å². The fraction of sp³-hybridized carbons (Fsp3) is 0.0556. The average molecular weight is 435 g/mol. The summed E-state index contributed by atoms with van der Waals surface area (Å²) in [5, 5.41) is 12.0. The lowest BCUT2D eigenvalue weighted by Gasteiger charge is -2.02. The predicted octanol–water partition coefficient (Wildman–Crippen LogP) is 4.97. The largest absolute Gasteiger partial charge is 0.346 e. The highest BCUT2D eigenvalue weighted by Gasteiger charge is 2.14. The Morgan fingerprint density at radius 2 is 1.76 bits per heavy atom. The monoisotopic (exact) mass is 433 g/mol. The van der Waals surface area contributed by atoms with E-state index < -0.39 is 0 Å². The lowest BCUT2D eigenvalue weighted by atomic mass is 10.2. The van der Waals surface area contributed by atoms with Crippen molar-refractivity contribution in [2.24, 2.45) is 0 Å². The van der Waals surface area contributed by atoms with Crippen LogP contribution in [0.2, 0.25) is 0 Å². The van der Waals surface area contributed by atoms with Gasteiger partial charge in [-0.25, -0.2) is 0 Å². The molecule has 0 atom stereocenters. The first-order valence-electron chi connectivity index (χ1n) is 7.40. The molecule has 0 bridgehead atoms. The molecule has 1 aromatic heterocycles. The van der Waals surface area contributed by atoms with Crippen LogP contribution in [0.4, 0.5) is 0 Å². The van der Waals surface area contributed by atoms with Crippen molar-refractivity contribution in [1.82, 2.24) is 15.5 Å². The maximum absolute atomic E-state index is 12.2. The molecule has 1 N–H and O–H groups in total. The van der Waals surface area contributed by atoms with Crippen LogP contribution in [0, 0.1) is 0 Å². The van der Waals surface area contributed by atoms with Gasteiger partial charge in [0.1, 0.15) is 0 Å². The summed E-state index contributed by atoms with van der Waals surface area (Å²) < 4.78 is 0.995. The van der Waals surface area contributed by atoms with Crippen molar-refractivity contribution in [3.05, 3.63) is 80.2 Å². The Labute approximate surface area is 162 Å². The highest BCUT2D eigenvalue weighted by atomic mass is 79.9. The van der Waals surface area contributed by atoms with Gasteiger partial charge in [-0.3, -0.25) is 4.79 Å². The van der Waals surface area contributed by atoms with Gasteiger partial charge in [0.05, 0.1) is 5.03 Å². The fourth-order valence-corrected chi connectivity index (χ4v) is 3.24. The number of hydrogen-bond donors (Lipinski definition) is 1. The maximum Gasteiger partial charge on any atom is 0.282 e. The molecule has 1 heterocycles. The van der Waals surface area contributed by atoms with Gasteiger partial charge in [0, 0.05) is 11.0 Å². The van der Waals surface area contributed by atoms with E-state index in [9.17, 15) is 4.79 Å². The summed E-state index contributed by atoms with van der Waals surface area (Å²) in [4.78, 5) is 12.2. The second-order valence-electron chi connectivity index (χ2n) is 5.12. The molecule has 4 nitrogen and oxygen atoms in total. The maximum atomic E-state index is 12.2. The van der Waals surface area contributed by atoms with Gasteiger partial charge in [-0.2, -0.15) is 0 Å². The third kappa shape index (κ3) is 4.98. The van der Waals surface area contributed by atoms with Crippen LogP contribution in [0.5, 0.6) is 0 Å². The predicted molar refractivity (Wildman–Crippen MR) is 105 cm³/mol. The number of benzene rings is 2. The van der Waals surface area contributed by atoms with Gasteiger partial charge in [-0.15, -0.1) is 10.2 Å². The van der Waals surface area contributed by atoms with E-state index in [4.69, 9.17) is 11.6 Å². The summed E-state index contributed by atoms with van der Waals surface area (Å²) in [5.41, 5.74) is 1.97. The Bertz CT molecular complexity index is 894. The number of rotatable bonds is 5. The molecular formula is C18H13BrClN3OS. The molecule has 0 unspecified atom stereocenters. The summed E-state index contributed by atoms with van der Waals surface area (Å²) >= 11 is 10.8. The van der Waals surface area contributed by atoms with Gasteiger partial charge in [0.25, 0.3) is 5.91 Å². The van der Waals surface area contributed by atoms with Crippen molar-refractivity contribution in [3.63, 3.8) is 0 Å². The van der Waals surface area contributed by atoms with Gasteiger partial charge in [-0.05, 0) is 29.3 Å². The van der Waals surface area contributed by atoms with E-state index in [2.05, 4.69) is 31.4 Å². The Morgan fingerprint density at radius 1 is 1.08 bits per heavy atom. The summed E-state index contributed by atoms with van der Waals surface area (Å²) in [7, 11) is 0. The molecule has 0 aliphatic carbocycles. The molecule has 126 valence electrons. The minimum atomic E-state index is -0.263. The topological polar surface area (TPSA) is 54.9 Å². The van der Waals surface area contributed by atoms with Crippen molar-refractivity contribution in [2.75, 3.05) is 0 Å². The number of nitrogens with zero attached hydrogens (tertiary/aromatic N) is 2. The number of nitrogens with one attached hydrogen (secondary N) is 1. The van der Waals surface area contributed by atoms with Crippen LogP contribution in [0.3, 0.4) is 0 Å². The molecule has 3 rings (SSSR count). The zero-order valence-electron chi connectivity index (χ0n) is 12.9. The number of carbonyl (C=O) groups excluding carboxylic acids is 1. The van der Waals surface area contributed by atoms with Crippen molar-refractivity contribution >= 4 is 55.9 Å². The minimum Gasteiger partial charge on any atom is -0.346 e. The van der Waals surface area contributed by atoms with Crippen LogP contribution in [-0.2, 0) is 6.54 Å². The zero-order chi connectivity index (χ0) is 17.6. The molecule has 25 heavy (non-hydrogen) atoms. The SMILES string of the molecule is O=C(NCc1ccccc1)c1nnc(/C(Cl)=C/c2ccc(Br)cc2)s1. The molecular weight excluding hydrogens is 422 g/mol. The molecule has 0 saturated heterocycles. The summed E-state index contributed by atoms with van der Waals surface area (Å²) in [5.74, 6) is -0.263. The average Bonchev–Trinajstić information content (AvgIpc) is 3.13. The van der Waals surface area contributed by atoms with Crippen LogP contribution >= 0.6 is 38.9 Å². The van der Waals surface area contributed by atoms with E-state index in [1.54, 1.807) is 6.08 Å². The van der Waals surface area contributed by atoms with E-state index in [-0.39, 0.29) is 10.9 Å². The smallest absolute Gasteiger partial charge is 0.282 e. The van der Waals surface area contributed by atoms with E-state index in [0.29, 0.717) is 16.6 Å². The lowest BCUT2D eigenvalue weighted by molar-refractivity contribution is 0.0950. The van der Waals surface area contributed by atoms with Gasteiger partial charge < -0.3 is 5.32 Å². The molecule has 0 aliphatic rings. The third-order valence-corrected chi connectivity index (χ3v) is 5.17. The number of amides is 1. The fourth-order valence-electron chi connectivity index (χ4n) is 2.03. The van der Waals surface area contributed by atoms with Gasteiger partial charge >= 0.3 is 0 Å². The van der Waals surface area contributed by atoms with Crippen molar-refractivity contribution in [2.45, 2.75) is 6.54 Å². The first-order valence-corrected chi connectivity index (χ1v) is 9.39. The molecule has 0 saturated carbocycles. The van der Waals surface area contributed by atoms with E-state index in [0.717, 1.165) is 26.9 Å². The normalized spacial score (nSPS) is 11.4. The lowest BCUT2D eigenvalue weighted by Crippen LogP contribution is -2.22. The minimum absolute atomic E-state index is 0.263. The van der Waals surface area contributed by atoms with Crippen molar-refractivity contribution in [1.29, 1.82) is 0 Å². The summed E-state index contributed by atoms with van der Waals surface area (Å²) in [6.45, 7) is 0.442. The zero-order valence-corrected chi connectivity index (χ0v) is 16.1. The standard InChI is InChI=1S/C18H13BrClN3OS/c19-14-8-6-12(7-9-14)10-15(20)17-22-23-18(25-17)16(24)21-11-13-4-2-1-3-5-13/h1-10H,11H2,(H,21,24)/b15-10-. The highest BCUT2D eigenvalue weighted by Crippen LogP contribution is 2.25. The number of carbonyl (C=O) groups is 1. The Balaban J connectivity index is 1.66. The van der Waals surface area contributed by atoms with Crippen LogP contribution in [0.25, 0.3) is 11.1 Å². The van der Waals surface area contributed by atoms with Gasteiger partial charge in [0.15, 0.2) is 5.01 Å². The Morgan fingerprint density at radius 3 is 2.48 bits per heavy atom. The molecule has 0 spiro atoms. The molecule has 2 aromatic carbocycles. The van der Waals surface area contributed by atoms with E-state index in [1.165, 1.54) is 0 Å². The van der Waals surface area contributed by atoms with Gasteiger partial charge in [-0.1, -0.05) is 81.3 Å². The Hall–Kier alpha value is -2.02. The second kappa shape index (κ2) is 8.38. The number of aromatic nitrogens is 2. The number of halogens is 2. The van der Waals surface area contributed by atoms with Crippen LogP contribution in [0.15, 0.2) is 59.1 Å². The van der Waals surface area contributed by atoms with Crippen LogP contribution in [0.1, 0.15) is 25.9 Å². The quantitative estimate of drug-likeness (QED) is 0.617. The first-order chi connectivity index (χ1) is 12.1. The number of hydrogen-bond acceptors (Lipinski definition) is 4. The molecule has 0 aliphatic heterocycles. The Kier molecular flexibility index (Phi) is 5.96. The van der Waals surface area contributed by atoms with Crippen molar-refractivity contribution < 1.29 is 4.79 Å². The molecule has 0 radical (unpaired) electrons. The summed E-state index contributed by atoms with van der Waals surface area (Å²) in [6.07, 6.45) is 1.79. The molecule has 3 aromatic rings. The van der Waals surface area contributed by atoms with Crippen LogP contribution < -0.4 is 5.32 Å². The highest BCUT2D eigenvalue weighted by molar-refractivity contribution is 9.10. The van der Waals surface area contributed by atoms with E-state index in [1.807, 2.05) is 54.6 Å².